The maximum absolute atomic E-state index is 5.73. The summed E-state index contributed by atoms with van der Waals surface area (Å²) < 4.78 is 16.2. The van der Waals surface area contributed by atoms with Crippen LogP contribution in [-0.2, 0) is 11.3 Å². The number of nitrogens with two attached hydrogens (primary N) is 1. The molecule has 0 spiro atoms. The molecule has 1 aromatic carbocycles. The lowest BCUT2D eigenvalue weighted by atomic mass is 9.90. The van der Waals surface area contributed by atoms with Crippen molar-refractivity contribution in [2.45, 2.75) is 31.6 Å². The van der Waals surface area contributed by atoms with Crippen molar-refractivity contribution in [1.82, 2.24) is 0 Å². The van der Waals surface area contributed by atoms with E-state index in [1.807, 2.05) is 18.2 Å². The highest BCUT2D eigenvalue weighted by Crippen LogP contribution is 2.29. The Labute approximate surface area is 102 Å². The van der Waals surface area contributed by atoms with Gasteiger partial charge in [-0.2, -0.15) is 0 Å². The number of hydrogen-bond donors (Lipinski definition) is 1. The van der Waals surface area contributed by atoms with E-state index in [9.17, 15) is 0 Å². The lowest BCUT2D eigenvalue weighted by Gasteiger charge is -2.32. The van der Waals surface area contributed by atoms with E-state index >= 15 is 0 Å². The quantitative estimate of drug-likeness (QED) is 0.847. The molecule has 0 heterocycles. The number of benzene rings is 1. The van der Waals surface area contributed by atoms with Gasteiger partial charge in [-0.1, -0.05) is 6.07 Å². The van der Waals surface area contributed by atoms with Crippen LogP contribution in [0.2, 0.25) is 0 Å². The summed E-state index contributed by atoms with van der Waals surface area (Å²) in [6, 6.07) is 6.15. The molecular weight excluding hydrogens is 218 g/mol. The van der Waals surface area contributed by atoms with Crippen molar-refractivity contribution in [2.75, 3.05) is 14.2 Å². The van der Waals surface area contributed by atoms with Gasteiger partial charge in [-0.15, -0.1) is 0 Å². The summed E-state index contributed by atoms with van der Waals surface area (Å²) in [6.07, 6.45) is 2.25. The number of ether oxygens (including phenoxy) is 3. The van der Waals surface area contributed by atoms with Gasteiger partial charge in [0.05, 0.1) is 26.9 Å². The van der Waals surface area contributed by atoms with E-state index in [2.05, 4.69) is 0 Å². The summed E-state index contributed by atoms with van der Waals surface area (Å²) >= 11 is 0. The second-order valence-electron chi connectivity index (χ2n) is 4.35. The Morgan fingerprint density at radius 1 is 1.18 bits per heavy atom. The third-order valence-electron chi connectivity index (χ3n) is 3.06. The molecule has 0 aromatic heterocycles. The van der Waals surface area contributed by atoms with E-state index in [1.165, 1.54) is 0 Å². The molecule has 1 aliphatic rings. The molecule has 0 bridgehead atoms. The largest absolute Gasteiger partial charge is 0.493 e. The molecule has 2 N–H and O–H groups in total. The van der Waals surface area contributed by atoms with E-state index in [4.69, 9.17) is 19.9 Å². The highest BCUT2D eigenvalue weighted by atomic mass is 16.5. The molecule has 94 valence electrons. The van der Waals surface area contributed by atoms with Crippen LogP contribution in [-0.4, -0.2) is 26.4 Å². The maximum atomic E-state index is 5.73. The summed E-state index contributed by atoms with van der Waals surface area (Å²) in [6.45, 7) is 0.595. The molecule has 0 aliphatic heterocycles. The first-order valence-corrected chi connectivity index (χ1v) is 5.81. The third kappa shape index (κ3) is 2.90. The van der Waals surface area contributed by atoms with Gasteiger partial charge >= 0.3 is 0 Å². The summed E-state index contributed by atoms with van der Waals surface area (Å²) in [5.41, 5.74) is 6.79. The lowest BCUT2D eigenvalue weighted by molar-refractivity contribution is -0.0189. The molecule has 4 nitrogen and oxygen atoms in total. The normalized spacial score (nSPS) is 23.0. The zero-order valence-corrected chi connectivity index (χ0v) is 10.3. The van der Waals surface area contributed by atoms with Crippen LogP contribution < -0.4 is 15.2 Å². The monoisotopic (exact) mass is 237 g/mol. The molecule has 0 saturated heterocycles. The molecule has 1 aromatic rings. The van der Waals surface area contributed by atoms with Gasteiger partial charge in [0.1, 0.15) is 0 Å². The Balaban J connectivity index is 1.92. The zero-order valence-electron chi connectivity index (χ0n) is 10.3. The van der Waals surface area contributed by atoms with E-state index in [0.717, 1.165) is 29.9 Å². The Morgan fingerprint density at radius 2 is 1.88 bits per heavy atom. The van der Waals surface area contributed by atoms with E-state index in [0.29, 0.717) is 18.8 Å². The second-order valence-corrected chi connectivity index (χ2v) is 4.35. The Morgan fingerprint density at radius 3 is 2.47 bits per heavy atom. The van der Waals surface area contributed by atoms with Gasteiger partial charge in [0.25, 0.3) is 0 Å². The first kappa shape index (κ1) is 12.2. The summed E-state index contributed by atoms with van der Waals surface area (Å²) in [4.78, 5) is 0. The van der Waals surface area contributed by atoms with E-state index in [1.54, 1.807) is 14.2 Å². The van der Waals surface area contributed by atoms with Crippen LogP contribution in [0.5, 0.6) is 11.5 Å². The number of hydrogen-bond acceptors (Lipinski definition) is 4. The fourth-order valence-corrected chi connectivity index (χ4v) is 1.93. The van der Waals surface area contributed by atoms with Gasteiger partial charge in [-0.05, 0) is 30.5 Å². The van der Waals surface area contributed by atoms with Crippen LogP contribution in [0.15, 0.2) is 18.2 Å². The fourth-order valence-electron chi connectivity index (χ4n) is 1.93. The Kier molecular flexibility index (Phi) is 3.86. The van der Waals surface area contributed by atoms with Crippen LogP contribution in [0, 0.1) is 0 Å². The molecular formula is C13H19NO3. The van der Waals surface area contributed by atoms with Crippen LogP contribution in [0.3, 0.4) is 0 Å². The molecule has 0 atom stereocenters. The highest BCUT2D eigenvalue weighted by Gasteiger charge is 2.26. The molecule has 0 amide bonds. The topological polar surface area (TPSA) is 53.7 Å². The molecule has 4 heteroatoms. The number of methoxy groups -OCH3 is 2. The second kappa shape index (κ2) is 5.38. The summed E-state index contributed by atoms with van der Waals surface area (Å²) in [5.74, 6) is 1.47. The average Bonchev–Trinajstić information content (AvgIpc) is 2.32. The zero-order chi connectivity index (χ0) is 12.3. The molecule has 17 heavy (non-hydrogen) atoms. The van der Waals surface area contributed by atoms with Gasteiger partial charge in [-0.3, -0.25) is 0 Å². The van der Waals surface area contributed by atoms with Crippen molar-refractivity contribution < 1.29 is 14.2 Å². The highest BCUT2D eigenvalue weighted by molar-refractivity contribution is 5.42. The fraction of sp³-hybridized carbons (Fsp3) is 0.538. The molecule has 0 unspecified atom stereocenters. The van der Waals surface area contributed by atoms with Gasteiger partial charge in [-0.25, -0.2) is 0 Å². The third-order valence-corrected chi connectivity index (χ3v) is 3.06. The maximum Gasteiger partial charge on any atom is 0.161 e. The number of rotatable bonds is 5. The van der Waals surface area contributed by atoms with Gasteiger partial charge in [0.2, 0.25) is 0 Å². The predicted octanol–water partition coefficient (Wildman–Crippen LogP) is 1.71. The SMILES string of the molecule is COc1ccc(COC2CC(N)C2)cc1OC. The Hall–Kier alpha value is -1.26. The molecule has 2 rings (SSSR count). The molecule has 1 saturated carbocycles. The van der Waals surface area contributed by atoms with Crippen molar-refractivity contribution in [1.29, 1.82) is 0 Å². The van der Waals surface area contributed by atoms with Crippen LogP contribution >= 0.6 is 0 Å². The van der Waals surface area contributed by atoms with Crippen molar-refractivity contribution in [3.63, 3.8) is 0 Å². The molecule has 0 radical (unpaired) electrons. The summed E-state index contributed by atoms with van der Waals surface area (Å²) in [5, 5.41) is 0. The van der Waals surface area contributed by atoms with Crippen molar-refractivity contribution in [3.05, 3.63) is 23.8 Å². The smallest absolute Gasteiger partial charge is 0.161 e. The minimum Gasteiger partial charge on any atom is -0.493 e. The minimum absolute atomic E-state index is 0.318. The van der Waals surface area contributed by atoms with Crippen LogP contribution in [0.25, 0.3) is 0 Å². The van der Waals surface area contributed by atoms with Gasteiger partial charge in [0, 0.05) is 6.04 Å². The van der Waals surface area contributed by atoms with Gasteiger partial charge in [0.15, 0.2) is 11.5 Å². The van der Waals surface area contributed by atoms with Crippen molar-refractivity contribution >= 4 is 0 Å². The summed E-state index contributed by atoms with van der Waals surface area (Å²) in [7, 11) is 3.26. The van der Waals surface area contributed by atoms with Gasteiger partial charge < -0.3 is 19.9 Å². The lowest BCUT2D eigenvalue weighted by Crippen LogP contribution is -2.41. The molecule has 1 aliphatic carbocycles. The van der Waals surface area contributed by atoms with E-state index < -0.39 is 0 Å². The van der Waals surface area contributed by atoms with Crippen LogP contribution in [0.4, 0.5) is 0 Å². The minimum atomic E-state index is 0.318. The van der Waals surface area contributed by atoms with Crippen molar-refractivity contribution in [3.8, 4) is 11.5 Å². The predicted molar refractivity (Wildman–Crippen MR) is 65.3 cm³/mol. The molecule has 1 fully saturated rings. The first-order chi connectivity index (χ1) is 8.22. The van der Waals surface area contributed by atoms with Crippen molar-refractivity contribution in [2.24, 2.45) is 5.73 Å². The van der Waals surface area contributed by atoms with E-state index in [-0.39, 0.29) is 0 Å². The Bertz CT molecular complexity index is 375. The van der Waals surface area contributed by atoms with Crippen LogP contribution in [0.1, 0.15) is 18.4 Å². The first-order valence-electron chi connectivity index (χ1n) is 5.81. The standard InChI is InChI=1S/C13H19NO3/c1-15-12-4-3-9(5-13(12)16-2)8-17-11-6-10(14)7-11/h3-5,10-11H,6-8,14H2,1-2H3. The average molecular weight is 237 g/mol.